The summed E-state index contributed by atoms with van der Waals surface area (Å²) >= 11 is 0. The minimum absolute atomic E-state index is 0. The van der Waals surface area contributed by atoms with Crippen molar-refractivity contribution in [3.8, 4) is 0 Å². The highest BCUT2D eigenvalue weighted by Crippen LogP contribution is 2.09. The van der Waals surface area contributed by atoms with E-state index in [0.29, 0.717) is 25.6 Å². The Labute approximate surface area is 146 Å². The van der Waals surface area contributed by atoms with Crippen molar-refractivity contribution in [2.75, 3.05) is 32.7 Å². The molecule has 0 spiro atoms. The maximum absolute atomic E-state index is 11.9. The van der Waals surface area contributed by atoms with Crippen molar-refractivity contribution in [2.24, 2.45) is 10.7 Å². The van der Waals surface area contributed by atoms with E-state index in [2.05, 4.69) is 4.99 Å². The molecule has 0 aliphatic carbocycles. The molecule has 21 heavy (non-hydrogen) atoms. The van der Waals surface area contributed by atoms with E-state index in [4.69, 9.17) is 10.5 Å². The maximum Gasteiger partial charge on any atom is 0.410 e. The summed E-state index contributed by atoms with van der Waals surface area (Å²) in [6.45, 7) is 14.8. The highest BCUT2D eigenvalue weighted by atomic mass is 127. The van der Waals surface area contributed by atoms with Crippen LogP contribution in [0.5, 0.6) is 0 Å². The number of carbonyl (C=O) groups excluding carboxylic acids is 1. The standard InChI is InChI=1S/C14H30N4O2.HI/c1-7-17(8-2)12(15)16-10-11-18(9-3)13(19)20-14(4,5)6;/h7-11H2,1-6H3,(H2,15,16);1H. The van der Waals surface area contributed by atoms with Crippen LogP contribution in [0, 0.1) is 0 Å². The lowest BCUT2D eigenvalue weighted by Gasteiger charge is -2.26. The van der Waals surface area contributed by atoms with Crippen LogP contribution in [0.1, 0.15) is 41.5 Å². The van der Waals surface area contributed by atoms with Crippen LogP contribution in [0.25, 0.3) is 0 Å². The third-order valence-corrected chi connectivity index (χ3v) is 2.76. The Morgan fingerprint density at radius 3 is 1.95 bits per heavy atom. The fraction of sp³-hybridized carbons (Fsp3) is 0.857. The molecule has 126 valence electrons. The van der Waals surface area contributed by atoms with Gasteiger partial charge in [-0.25, -0.2) is 4.79 Å². The maximum atomic E-state index is 11.9. The third kappa shape index (κ3) is 9.76. The summed E-state index contributed by atoms with van der Waals surface area (Å²) in [5.74, 6) is 0.523. The smallest absolute Gasteiger partial charge is 0.410 e. The zero-order valence-electron chi connectivity index (χ0n) is 14.2. The highest BCUT2D eigenvalue weighted by Gasteiger charge is 2.20. The molecule has 1 amide bonds. The largest absolute Gasteiger partial charge is 0.444 e. The first kappa shape index (κ1) is 22.5. The predicted molar refractivity (Wildman–Crippen MR) is 98.3 cm³/mol. The van der Waals surface area contributed by atoms with Crippen molar-refractivity contribution >= 4 is 36.0 Å². The quantitative estimate of drug-likeness (QED) is 0.412. The second-order valence-corrected chi connectivity index (χ2v) is 5.47. The fourth-order valence-corrected chi connectivity index (χ4v) is 1.64. The molecule has 0 heterocycles. The van der Waals surface area contributed by atoms with Crippen LogP contribution in [-0.2, 0) is 4.74 Å². The summed E-state index contributed by atoms with van der Waals surface area (Å²) in [6.07, 6.45) is -0.309. The SMILES string of the molecule is CCN(CCN=C(N)N(CC)CC)C(=O)OC(C)(C)C.I. The predicted octanol–water partition coefficient (Wildman–Crippen LogP) is 2.52. The van der Waals surface area contributed by atoms with Crippen LogP contribution in [0.2, 0.25) is 0 Å². The van der Waals surface area contributed by atoms with E-state index in [1.54, 1.807) is 4.90 Å². The van der Waals surface area contributed by atoms with Crippen LogP contribution in [0.3, 0.4) is 0 Å². The lowest BCUT2D eigenvalue weighted by molar-refractivity contribution is 0.0266. The summed E-state index contributed by atoms with van der Waals surface area (Å²) in [5.41, 5.74) is 5.41. The van der Waals surface area contributed by atoms with Crippen LogP contribution in [0.15, 0.2) is 4.99 Å². The summed E-state index contributed by atoms with van der Waals surface area (Å²) in [7, 11) is 0. The average molecular weight is 414 g/mol. The molecular weight excluding hydrogens is 383 g/mol. The van der Waals surface area contributed by atoms with Gasteiger partial charge in [0.25, 0.3) is 0 Å². The molecule has 0 saturated carbocycles. The van der Waals surface area contributed by atoms with Crippen LogP contribution in [-0.4, -0.2) is 60.2 Å². The second kappa shape index (κ2) is 10.9. The first-order valence-corrected chi connectivity index (χ1v) is 7.27. The summed E-state index contributed by atoms with van der Waals surface area (Å²) < 4.78 is 5.33. The molecule has 0 saturated heterocycles. The number of guanidine groups is 1. The first-order chi connectivity index (χ1) is 9.25. The van der Waals surface area contributed by atoms with Gasteiger partial charge in [-0.3, -0.25) is 4.99 Å². The lowest BCUT2D eigenvalue weighted by atomic mass is 10.2. The van der Waals surface area contributed by atoms with Crippen molar-refractivity contribution in [1.82, 2.24) is 9.80 Å². The molecule has 7 heteroatoms. The average Bonchev–Trinajstić information content (AvgIpc) is 2.33. The van der Waals surface area contributed by atoms with Crippen molar-refractivity contribution < 1.29 is 9.53 Å². The number of ether oxygens (including phenoxy) is 1. The van der Waals surface area contributed by atoms with Gasteiger partial charge in [-0.2, -0.15) is 0 Å². The second-order valence-electron chi connectivity index (χ2n) is 5.47. The van der Waals surface area contributed by atoms with Gasteiger partial charge >= 0.3 is 6.09 Å². The monoisotopic (exact) mass is 414 g/mol. The molecule has 2 N–H and O–H groups in total. The van der Waals surface area contributed by atoms with Crippen LogP contribution < -0.4 is 5.73 Å². The zero-order valence-corrected chi connectivity index (χ0v) is 16.5. The molecular formula is C14H31IN4O2. The molecule has 6 nitrogen and oxygen atoms in total. The van der Waals surface area contributed by atoms with Crippen molar-refractivity contribution in [3.63, 3.8) is 0 Å². The van der Waals surface area contributed by atoms with Crippen LogP contribution >= 0.6 is 24.0 Å². The molecule has 0 fully saturated rings. The minimum atomic E-state index is -0.478. The third-order valence-electron chi connectivity index (χ3n) is 2.76. The Hall–Kier alpha value is -0.730. The Balaban J connectivity index is 0. The molecule has 0 unspecified atom stereocenters. The van der Waals surface area contributed by atoms with E-state index in [9.17, 15) is 4.79 Å². The molecule has 0 aliphatic rings. The Morgan fingerprint density at radius 2 is 1.57 bits per heavy atom. The number of hydrogen-bond donors (Lipinski definition) is 1. The van der Waals surface area contributed by atoms with Gasteiger partial charge in [0.15, 0.2) is 5.96 Å². The van der Waals surface area contributed by atoms with E-state index >= 15 is 0 Å². The molecule has 0 bridgehead atoms. The van der Waals surface area contributed by atoms with Crippen molar-refractivity contribution in [1.29, 1.82) is 0 Å². The normalized spacial score (nSPS) is 11.6. The first-order valence-electron chi connectivity index (χ1n) is 7.27. The molecule has 0 aliphatic heterocycles. The minimum Gasteiger partial charge on any atom is -0.444 e. The zero-order chi connectivity index (χ0) is 15.8. The van der Waals surface area contributed by atoms with E-state index in [0.717, 1.165) is 13.1 Å². The Kier molecular flexibility index (Phi) is 11.7. The molecule has 0 aromatic rings. The van der Waals surface area contributed by atoms with Crippen LogP contribution in [0.4, 0.5) is 4.79 Å². The van der Waals surface area contributed by atoms with E-state index in [1.807, 2.05) is 46.4 Å². The van der Waals surface area contributed by atoms with E-state index in [1.165, 1.54) is 0 Å². The Bertz CT molecular complexity index is 325. The number of hydrogen-bond acceptors (Lipinski definition) is 3. The molecule has 0 rings (SSSR count). The lowest BCUT2D eigenvalue weighted by Crippen LogP contribution is -2.40. The number of rotatable bonds is 6. The van der Waals surface area contributed by atoms with Gasteiger partial charge < -0.3 is 20.3 Å². The Morgan fingerprint density at radius 1 is 1.10 bits per heavy atom. The van der Waals surface area contributed by atoms with E-state index in [-0.39, 0.29) is 30.1 Å². The van der Waals surface area contributed by atoms with Gasteiger partial charge in [-0.05, 0) is 41.5 Å². The number of likely N-dealkylation sites (N-methyl/N-ethyl adjacent to an activating group) is 1. The van der Waals surface area contributed by atoms with Gasteiger partial charge in [-0.15, -0.1) is 24.0 Å². The van der Waals surface area contributed by atoms with Crippen molar-refractivity contribution in [2.45, 2.75) is 47.1 Å². The van der Waals surface area contributed by atoms with Gasteiger partial charge in [0, 0.05) is 26.2 Å². The van der Waals surface area contributed by atoms with Gasteiger partial charge in [0.2, 0.25) is 0 Å². The molecule has 0 atom stereocenters. The molecule has 0 aromatic heterocycles. The van der Waals surface area contributed by atoms with Crippen molar-refractivity contribution in [3.05, 3.63) is 0 Å². The summed E-state index contributed by atoms with van der Waals surface area (Å²) in [4.78, 5) is 19.8. The number of carbonyl (C=O) groups is 1. The topological polar surface area (TPSA) is 71.2 Å². The van der Waals surface area contributed by atoms with E-state index < -0.39 is 5.60 Å². The number of aliphatic imine (C=N–C) groups is 1. The van der Waals surface area contributed by atoms with Gasteiger partial charge in [-0.1, -0.05) is 0 Å². The summed E-state index contributed by atoms with van der Waals surface area (Å²) in [6, 6.07) is 0. The van der Waals surface area contributed by atoms with Gasteiger partial charge in [0.05, 0.1) is 6.54 Å². The fourth-order valence-electron chi connectivity index (χ4n) is 1.64. The number of halogens is 1. The summed E-state index contributed by atoms with van der Waals surface area (Å²) in [5, 5.41) is 0. The van der Waals surface area contributed by atoms with Gasteiger partial charge in [0.1, 0.15) is 5.60 Å². The molecule has 0 aromatic carbocycles. The number of amides is 1. The highest BCUT2D eigenvalue weighted by molar-refractivity contribution is 14.0. The number of nitrogens with two attached hydrogens (primary N) is 1. The molecule has 0 radical (unpaired) electrons. The number of nitrogens with zero attached hydrogens (tertiary/aromatic N) is 3.